The summed E-state index contributed by atoms with van der Waals surface area (Å²) in [7, 11) is 0. The number of aryl methyl sites for hydroxylation is 2. The fraction of sp³-hybridized carbons (Fsp3) is 0.333. The third-order valence-electron chi connectivity index (χ3n) is 4.28. The van der Waals surface area contributed by atoms with Gasteiger partial charge in [-0.1, -0.05) is 44.2 Å². The predicted molar refractivity (Wildman–Crippen MR) is 119 cm³/mol. The lowest BCUT2D eigenvalue weighted by molar-refractivity contribution is -0.115. The first-order valence-corrected chi connectivity index (χ1v) is 11.4. The number of thiazole rings is 1. The lowest BCUT2D eigenvalue weighted by atomic mass is 10.1. The molecule has 152 valence electrons. The van der Waals surface area contributed by atoms with Crippen molar-refractivity contribution in [1.82, 2.24) is 15.0 Å². The van der Waals surface area contributed by atoms with Crippen molar-refractivity contribution in [3.8, 4) is 0 Å². The maximum atomic E-state index is 12.3. The van der Waals surface area contributed by atoms with Crippen LogP contribution in [0.25, 0.3) is 0 Å². The van der Waals surface area contributed by atoms with Crippen molar-refractivity contribution in [2.75, 3.05) is 4.90 Å². The minimum absolute atomic E-state index is 0.0823. The van der Waals surface area contributed by atoms with Crippen LogP contribution in [0.4, 0.5) is 10.8 Å². The number of hydrogen-bond donors (Lipinski definition) is 1. The van der Waals surface area contributed by atoms with E-state index in [0.29, 0.717) is 16.0 Å². The van der Waals surface area contributed by atoms with E-state index >= 15 is 0 Å². The summed E-state index contributed by atoms with van der Waals surface area (Å²) in [5.41, 5.74) is 3.54. The van der Waals surface area contributed by atoms with Gasteiger partial charge in [0.2, 0.25) is 5.91 Å². The van der Waals surface area contributed by atoms with Crippen LogP contribution in [0.3, 0.4) is 0 Å². The molecule has 8 heteroatoms. The number of hydrogen-bond acceptors (Lipinski definition) is 6. The van der Waals surface area contributed by atoms with Crippen molar-refractivity contribution in [2.24, 2.45) is 0 Å². The second-order valence-electron chi connectivity index (χ2n) is 6.58. The Bertz CT molecular complexity index is 1030. The first-order valence-electron chi connectivity index (χ1n) is 9.57. The number of carbonyl (C=O) groups excluding carboxylic acids is 1. The molecule has 0 bridgehead atoms. The number of benzene rings is 1. The molecule has 6 nitrogen and oxygen atoms in total. The van der Waals surface area contributed by atoms with Gasteiger partial charge in [-0.25, -0.2) is 9.97 Å². The molecule has 0 spiro atoms. The Kier molecular flexibility index (Phi) is 7.22. The number of aromatic amines is 1. The lowest BCUT2D eigenvalue weighted by Gasteiger charge is -2.18. The topological polar surface area (TPSA) is 79.0 Å². The van der Waals surface area contributed by atoms with E-state index in [4.69, 9.17) is 0 Å². The molecule has 3 rings (SSSR count). The fourth-order valence-corrected chi connectivity index (χ4v) is 4.63. The normalized spacial score (nSPS) is 10.9. The molecule has 1 amide bonds. The van der Waals surface area contributed by atoms with Gasteiger partial charge < -0.3 is 4.98 Å². The third-order valence-corrected chi connectivity index (χ3v) is 6.07. The average molecular weight is 429 g/mol. The van der Waals surface area contributed by atoms with Gasteiger partial charge in [-0.3, -0.25) is 14.5 Å². The van der Waals surface area contributed by atoms with E-state index in [2.05, 4.69) is 28.8 Å². The quantitative estimate of drug-likeness (QED) is 0.415. The molecular weight excluding hydrogens is 404 g/mol. The molecule has 1 aromatic carbocycles. The summed E-state index contributed by atoms with van der Waals surface area (Å²) in [5.74, 6) is 0.483. The summed E-state index contributed by atoms with van der Waals surface area (Å²) >= 11 is 2.86. The molecular formula is C21H24N4O2S2. The van der Waals surface area contributed by atoms with Gasteiger partial charge in [0.1, 0.15) is 0 Å². The van der Waals surface area contributed by atoms with E-state index in [0.717, 1.165) is 36.3 Å². The number of rotatable bonds is 8. The zero-order valence-corrected chi connectivity index (χ0v) is 18.4. The summed E-state index contributed by atoms with van der Waals surface area (Å²) in [6, 6.07) is 9.50. The second-order valence-corrected chi connectivity index (χ2v) is 8.38. The summed E-state index contributed by atoms with van der Waals surface area (Å²) < 4.78 is 0. The largest absolute Gasteiger partial charge is 0.301 e. The molecule has 1 N–H and O–H groups in total. The summed E-state index contributed by atoms with van der Waals surface area (Å²) in [4.78, 5) is 37.6. The number of nitrogens with zero attached hydrogens (tertiary/aromatic N) is 3. The van der Waals surface area contributed by atoms with Crippen molar-refractivity contribution in [3.63, 3.8) is 0 Å². The van der Waals surface area contributed by atoms with Crippen LogP contribution in [-0.4, -0.2) is 20.9 Å². The Labute approximate surface area is 178 Å². The molecule has 0 saturated carbocycles. The van der Waals surface area contributed by atoms with Gasteiger partial charge in [0, 0.05) is 29.8 Å². The standard InChI is InChI=1S/C21H24N4O2S2/c1-4-6-16-11-19(27)24-20(22-16)28-12-17-13-29-21(23-17)25(14(3)26)18-9-7-15(5-2)8-10-18/h7-11,13H,4-6,12H2,1-3H3,(H,22,24,27). The minimum atomic E-state index is -0.136. The van der Waals surface area contributed by atoms with E-state index in [-0.39, 0.29) is 11.5 Å². The fourth-order valence-electron chi connectivity index (χ4n) is 2.85. The monoisotopic (exact) mass is 428 g/mol. The molecule has 0 fully saturated rings. The number of thioether (sulfide) groups is 1. The summed E-state index contributed by atoms with van der Waals surface area (Å²) in [5, 5.41) is 3.17. The SMILES string of the molecule is CCCc1cc(=O)[nH]c(SCc2csc(N(C(C)=O)c3ccc(CC)cc3)n2)n1. The third kappa shape index (κ3) is 5.55. The van der Waals surface area contributed by atoms with Crippen molar-refractivity contribution in [2.45, 2.75) is 50.9 Å². The number of H-pyrrole nitrogens is 1. The molecule has 3 aromatic rings. The molecule has 2 heterocycles. The Hall–Kier alpha value is -2.45. The van der Waals surface area contributed by atoms with E-state index in [1.807, 2.05) is 29.6 Å². The highest BCUT2D eigenvalue weighted by Crippen LogP contribution is 2.31. The summed E-state index contributed by atoms with van der Waals surface area (Å²) in [6.45, 7) is 5.70. The number of carbonyl (C=O) groups is 1. The predicted octanol–water partition coefficient (Wildman–Crippen LogP) is 4.72. The maximum absolute atomic E-state index is 12.3. The van der Waals surface area contributed by atoms with Gasteiger partial charge in [-0.05, 0) is 30.5 Å². The summed E-state index contributed by atoms with van der Waals surface area (Å²) in [6.07, 6.45) is 2.67. The zero-order chi connectivity index (χ0) is 20.8. The number of nitrogens with one attached hydrogen (secondary N) is 1. The first kappa shape index (κ1) is 21.3. The Balaban J connectivity index is 1.75. The lowest BCUT2D eigenvalue weighted by Crippen LogP contribution is -2.22. The number of amides is 1. The molecule has 0 aliphatic heterocycles. The highest BCUT2D eigenvalue weighted by atomic mass is 32.2. The molecule has 29 heavy (non-hydrogen) atoms. The van der Waals surface area contributed by atoms with Crippen molar-refractivity contribution < 1.29 is 4.79 Å². The Morgan fingerprint density at radius 2 is 1.93 bits per heavy atom. The first-order chi connectivity index (χ1) is 14.0. The number of anilines is 2. The second kappa shape index (κ2) is 9.84. The highest BCUT2D eigenvalue weighted by Gasteiger charge is 2.18. The molecule has 0 aliphatic rings. The van der Waals surface area contributed by atoms with Crippen LogP contribution in [-0.2, 0) is 23.4 Å². The highest BCUT2D eigenvalue weighted by molar-refractivity contribution is 7.98. The van der Waals surface area contributed by atoms with Crippen LogP contribution in [0.5, 0.6) is 0 Å². The van der Waals surface area contributed by atoms with Crippen LogP contribution < -0.4 is 10.5 Å². The average Bonchev–Trinajstić information content (AvgIpc) is 3.15. The molecule has 0 saturated heterocycles. The maximum Gasteiger partial charge on any atom is 0.251 e. The Morgan fingerprint density at radius 1 is 1.17 bits per heavy atom. The van der Waals surface area contributed by atoms with Gasteiger partial charge in [0.05, 0.1) is 11.4 Å². The van der Waals surface area contributed by atoms with Crippen molar-refractivity contribution >= 4 is 39.8 Å². The van der Waals surface area contributed by atoms with Crippen molar-refractivity contribution in [3.05, 3.63) is 63.0 Å². The van der Waals surface area contributed by atoms with Gasteiger partial charge >= 0.3 is 0 Å². The van der Waals surface area contributed by atoms with E-state index in [9.17, 15) is 9.59 Å². The molecule has 2 aromatic heterocycles. The van der Waals surface area contributed by atoms with Crippen LogP contribution in [0, 0.1) is 0 Å². The van der Waals surface area contributed by atoms with E-state index in [1.165, 1.54) is 35.6 Å². The molecule has 0 aliphatic carbocycles. The van der Waals surface area contributed by atoms with Crippen molar-refractivity contribution in [1.29, 1.82) is 0 Å². The van der Waals surface area contributed by atoms with Gasteiger partial charge in [0.15, 0.2) is 10.3 Å². The van der Waals surface area contributed by atoms with Gasteiger partial charge in [-0.2, -0.15) is 0 Å². The van der Waals surface area contributed by atoms with E-state index < -0.39 is 0 Å². The molecule has 0 atom stereocenters. The Morgan fingerprint density at radius 3 is 2.59 bits per heavy atom. The van der Waals surface area contributed by atoms with Crippen LogP contribution in [0.2, 0.25) is 0 Å². The molecule has 0 radical (unpaired) electrons. The van der Waals surface area contributed by atoms with Crippen LogP contribution >= 0.6 is 23.1 Å². The smallest absolute Gasteiger partial charge is 0.251 e. The molecule has 0 unspecified atom stereocenters. The van der Waals surface area contributed by atoms with Crippen LogP contribution in [0.15, 0.2) is 45.7 Å². The van der Waals surface area contributed by atoms with E-state index in [1.54, 1.807) is 11.0 Å². The number of aromatic nitrogens is 3. The van der Waals surface area contributed by atoms with Gasteiger partial charge in [-0.15, -0.1) is 11.3 Å². The zero-order valence-electron chi connectivity index (χ0n) is 16.8. The van der Waals surface area contributed by atoms with Crippen LogP contribution in [0.1, 0.15) is 44.1 Å². The van der Waals surface area contributed by atoms with Gasteiger partial charge in [0.25, 0.3) is 5.56 Å². The minimum Gasteiger partial charge on any atom is -0.301 e.